The molecule has 0 rings (SSSR count). The van der Waals surface area contributed by atoms with Gasteiger partial charge in [0.1, 0.15) is 0 Å². The zero-order chi connectivity index (χ0) is 16.0. The highest BCUT2D eigenvalue weighted by Gasteiger charge is 2.39. The Kier molecular flexibility index (Phi) is 8.11. The van der Waals surface area contributed by atoms with Crippen LogP contribution in [-0.4, -0.2) is 38.1 Å². The maximum atomic E-state index is 11.1. The molecule has 0 aliphatic heterocycles. The fourth-order valence-electron chi connectivity index (χ4n) is 2.08. The molecule has 0 heterocycles. The standard InChI is InChI=1S/C13H31O4Si3/c1-9-13(14)15-11-10-12-20(8,16-18(2,3)4)17-19(5,6)7/h9,13H,1,10-12H2,2-8H3. The molecule has 0 aromatic heterocycles. The zero-order valence-electron chi connectivity index (χ0n) is 14.1. The molecule has 0 bridgehead atoms. The van der Waals surface area contributed by atoms with Crippen LogP contribution in [0.15, 0.2) is 12.7 Å². The molecule has 0 fully saturated rings. The number of hydrogen-bond acceptors (Lipinski definition) is 3. The zero-order valence-corrected chi connectivity index (χ0v) is 17.1. The lowest BCUT2D eigenvalue weighted by molar-refractivity contribution is -0.105. The van der Waals surface area contributed by atoms with E-state index in [0.717, 1.165) is 12.5 Å². The highest BCUT2D eigenvalue weighted by atomic mass is 28.5. The summed E-state index contributed by atoms with van der Waals surface area (Å²) in [6.07, 6.45) is 0.941. The van der Waals surface area contributed by atoms with E-state index in [2.05, 4.69) is 52.4 Å². The molecule has 0 saturated carbocycles. The van der Waals surface area contributed by atoms with Crippen molar-refractivity contribution in [2.45, 2.75) is 64.6 Å². The lowest BCUT2D eigenvalue weighted by Crippen LogP contribution is -2.52. The van der Waals surface area contributed by atoms with E-state index in [-0.39, 0.29) is 0 Å². The van der Waals surface area contributed by atoms with E-state index in [0.29, 0.717) is 6.61 Å². The second-order valence-corrected chi connectivity index (χ2v) is 20.0. The first-order chi connectivity index (χ1) is 8.87. The lowest BCUT2D eigenvalue weighted by Gasteiger charge is -2.38. The van der Waals surface area contributed by atoms with Gasteiger partial charge in [-0.25, -0.2) is 0 Å². The second kappa shape index (κ2) is 8.02. The van der Waals surface area contributed by atoms with E-state index in [1.54, 1.807) is 0 Å². The first-order valence-corrected chi connectivity index (χ1v) is 16.5. The summed E-state index contributed by atoms with van der Waals surface area (Å²) >= 11 is 0. The van der Waals surface area contributed by atoms with E-state index >= 15 is 0 Å². The topological polar surface area (TPSA) is 47.6 Å². The van der Waals surface area contributed by atoms with Crippen LogP contribution in [0.5, 0.6) is 0 Å². The molecule has 7 heteroatoms. The molecule has 1 radical (unpaired) electrons. The molecule has 20 heavy (non-hydrogen) atoms. The molecule has 0 N–H and O–H groups in total. The average molecular weight is 336 g/mol. The normalized spacial score (nSPS) is 15.2. The van der Waals surface area contributed by atoms with Crippen molar-refractivity contribution >= 4 is 25.2 Å². The Morgan fingerprint density at radius 1 is 1.00 bits per heavy atom. The van der Waals surface area contributed by atoms with Gasteiger partial charge in [-0.15, -0.1) is 0 Å². The van der Waals surface area contributed by atoms with Crippen LogP contribution in [0, 0.1) is 0 Å². The van der Waals surface area contributed by atoms with Crippen molar-refractivity contribution in [2.75, 3.05) is 6.61 Å². The summed E-state index contributed by atoms with van der Waals surface area (Å²) in [6.45, 7) is 19.1. The van der Waals surface area contributed by atoms with Gasteiger partial charge in [0, 0.05) is 0 Å². The van der Waals surface area contributed by atoms with Crippen LogP contribution in [-0.2, 0) is 18.1 Å². The van der Waals surface area contributed by atoms with Gasteiger partial charge in [0.05, 0.1) is 6.61 Å². The smallest absolute Gasteiger partial charge is 0.314 e. The van der Waals surface area contributed by atoms with Gasteiger partial charge in [0.25, 0.3) is 0 Å². The summed E-state index contributed by atoms with van der Waals surface area (Å²) in [5.41, 5.74) is 0. The van der Waals surface area contributed by atoms with Gasteiger partial charge in [-0.1, -0.05) is 6.58 Å². The molecule has 119 valence electrons. The van der Waals surface area contributed by atoms with Gasteiger partial charge in [-0.3, -0.25) is 0 Å². The summed E-state index contributed by atoms with van der Waals surface area (Å²) in [5, 5.41) is 11.1. The van der Waals surface area contributed by atoms with Gasteiger partial charge < -0.3 is 13.0 Å². The van der Waals surface area contributed by atoms with Crippen molar-refractivity contribution in [3.63, 3.8) is 0 Å². The van der Waals surface area contributed by atoms with Gasteiger partial charge >= 0.3 is 8.56 Å². The molecule has 0 aliphatic rings. The van der Waals surface area contributed by atoms with Crippen LogP contribution in [0.1, 0.15) is 6.42 Å². The van der Waals surface area contributed by atoms with Crippen molar-refractivity contribution in [3.8, 4) is 0 Å². The molecule has 0 saturated heterocycles. The summed E-state index contributed by atoms with van der Waals surface area (Å²) in [6, 6.07) is 0.866. The molecule has 0 aromatic carbocycles. The summed E-state index contributed by atoms with van der Waals surface area (Å²) in [5.74, 6) is 0. The molecular formula is C13H31O4Si3. The van der Waals surface area contributed by atoms with Crippen LogP contribution in [0.25, 0.3) is 0 Å². The largest absolute Gasteiger partial charge is 0.437 e. The SMILES string of the molecule is C=CC([O])OCCC[Si](C)(O[Si](C)(C)C)O[Si](C)(C)C. The summed E-state index contributed by atoms with van der Waals surface area (Å²) in [4.78, 5) is 0. The van der Waals surface area contributed by atoms with Gasteiger partial charge in [0.15, 0.2) is 16.6 Å². The van der Waals surface area contributed by atoms with E-state index in [9.17, 15) is 5.11 Å². The predicted octanol–water partition coefficient (Wildman–Crippen LogP) is 4.11. The summed E-state index contributed by atoms with van der Waals surface area (Å²) in [7, 11) is -5.47. The fourth-order valence-corrected chi connectivity index (χ4v) is 14.6. The minimum Gasteiger partial charge on any atom is -0.437 e. The minimum atomic E-state index is -2.19. The number of rotatable bonds is 10. The van der Waals surface area contributed by atoms with Crippen LogP contribution in [0.2, 0.25) is 51.9 Å². The van der Waals surface area contributed by atoms with Crippen molar-refractivity contribution in [1.29, 1.82) is 0 Å². The first kappa shape index (κ1) is 20.2. The lowest BCUT2D eigenvalue weighted by atomic mass is 10.5. The van der Waals surface area contributed by atoms with Crippen molar-refractivity contribution < 1.29 is 18.1 Å². The highest BCUT2D eigenvalue weighted by Crippen LogP contribution is 2.25. The van der Waals surface area contributed by atoms with Gasteiger partial charge in [0.2, 0.25) is 6.29 Å². The molecule has 0 spiro atoms. The Bertz CT molecular complexity index is 281. The Balaban J connectivity index is 4.50. The number of hydrogen-bond donors (Lipinski definition) is 0. The Morgan fingerprint density at radius 2 is 1.45 bits per heavy atom. The Morgan fingerprint density at radius 3 is 1.80 bits per heavy atom. The van der Waals surface area contributed by atoms with Crippen molar-refractivity contribution in [3.05, 3.63) is 12.7 Å². The third-order valence-electron chi connectivity index (χ3n) is 2.29. The molecule has 0 aromatic rings. The molecular weight excluding hydrogens is 304 g/mol. The van der Waals surface area contributed by atoms with E-state index < -0.39 is 31.5 Å². The molecule has 1 atom stereocenters. The molecule has 0 amide bonds. The first-order valence-electron chi connectivity index (χ1n) is 7.17. The number of ether oxygens (including phenoxy) is 1. The van der Waals surface area contributed by atoms with E-state index in [4.69, 9.17) is 13.0 Å². The third kappa shape index (κ3) is 11.0. The van der Waals surface area contributed by atoms with E-state index in [1.165, 1.54) is 6.08 Å². The molecule has 1 unspecified atom stereocenters. The van der Waals surface area contributed by atoms with Crippen LogP contribution in [0.3, 0.4) is 0 Å². The average Bonchev–Trinajstić information content (AvgIpc) is 2.18. The molecule has 0 aliphatic carbocycles. The maximum Gasteiger partial charge on any atom is 0.314 e. The van der Waals surface area contributed by atoms with Crippen molar-refractivity contribution in [2.24, 2.45) is 0 Å². The summed E-state index contributed by atoms with van der Waals surface area (Å²) < 4.78 is 17.8. The van der Waals surface area contributed by atoms with Gasteiger partial charge in [-0.05, 0) is 64.4 Å². The quantitative estimate of drug-likeness (QED) is 0.261. The minimum absolute atomic E-state index is 0.437. The Labute approximate surface area is 127 Å². The Hall–Kier alpha value is 0.231. The van der Waals surface area contributed by atoms with Crippen LogP contribution in [0.4, 0.5) is 0 Å². The van der Waals surface area contributed by atoms with Gasteiger partial charge in [-0.2, -0.15) is 5.11 Å². The second-order valence-electron chi connectivity index (χ2n) is 7.14. The van der Waals surface area contributed by atoms with Crippen LogP contribution < -0.4 is 0 Å². The third-order valence-corrected chi connectivity index (χ3v) is 11.9. The monoisotopic (exact) mass is 335 g/mol. The van der Waals surface area contributed by atoms with E-state index in [1.807, 2.05) is 0 Å². The van der Waals surface area contributed by atoms with Crippen LogP contribution >= 0.6 is 0 Å². The molecule has 4 nitrogen and oxygen atoms in total. The van der Waals surface area contributed by atoms with Crippen molar-refractivity contribution in [1.82, 2.24) is 0 Å². The highest BCUT2D eigenvalue weighted by molar-refractivity contribution is 6.87. The fraction of sp³-hybridized carbons (Fsp3) is 0.846. The predicted molar refractivity (Wildman–Crippen MR) is 90.5 cm³/mol. The maximum absolute atomic E-state index is 11.1.